The van der Waals surface area contributed by atoms with Gasteiger partial charge in [0.05, 0.1) is 46.3 Å². The van der Waals surface area contributed by atoms with E-state index >= 15 is 0 Å². The molecule has 0 spiro atoms. The second-order valence-corrected chi connectivity index (χ2v) is 14.3. The Morgan fingerprint density at radius 1 is 1.07 bits per heavy atom. The fourth-order valence-corrected chi connectivity index (χ4v) is 7.71. The lowest BCUT2D eigenvalue weighted by Gasteiger charge is -2.22. The Morgan fingerprint density at radius 3 is 2.57 bits per heavy atom. The molecule has 2 saturated heterocycles. The number of aliphatic hydroxyl groups is 2. The summed E-state index contributed by atoms with van der Waals surface area (Å²) >= 11 is 1.43. The Kier molecular flexibility index (Phi) is 11.9. The van der Waals surface area contributed by atoms with Gasteiger partial charge in [0.25, 0.3) is 5.91 Å². The molecule has 3 unspecified atom stereocenters. The van der Waals surface area contributed by atoms with E-state index in [1.807, 2.05) is 47.7 Å². The number of carbonyl (C=O) groups is 1. The number of ether oxygens (including phenoxy) is 1. The number of amides is 1. The highest BCUT2D eigenvalue weighted by Gasteiger charge is 2.59. The summed E-state index contributed by atoms with van der Waals surface area (Å²) in [7, 11) is 2.13. The standard InChI is InChI=1S/C27H27N7O2S.C9H11F2N3O4.ClH/c1-17-14-29-18(15-28-17)16-30-26(36)23-24(35)19-8-9-22(33-11-5-10-32(2)12-13-33)31-25(19)34-20-6-3-4-7-21(20)37-27(23)34;10-9(11)6(16)4(3-15)18-7(9)14-2-1-5(12)13-8(14)17;/h3-4,6-9,14-15H,5,10-13,16H2,1-2H3,(H,30,36);1-2,4,6-7,15-16H,3H2,(H2,12,13,17);1H. The zero-order chi connectivity index (χ0) is 39.0. The van der Waals surface area contributed by atoms with Gasteiger partial charge in [-0.2, -0.15) is 13.8 Å². The predicted molar refractivity (Wildman–Crippen MR) is 209 cm³/mol. The molecular formula is C36H39ClF2N10O6S. The van der Waals surface area contributed by atoms with Gasteiger partial charge in [-0.25, -0.2) is 9.78 Å². The number of thiazole rings is 1. The third kappa shape index (κ3) is 7.78. The summed E-state index contributed by atoms with van der Waals surface area (Å²) < 4.78 is 35.6. The quantitative estimate of drug-likeness (QED) is 0.191. The van der Waals surface area contributed by atoms with Crippen molar-refractivity contribution in [2.75, 3.05) is 50.5 Å². The summed E-state index contributed by atoms with van der Waals surface area (Å²) in [5.41, 5.74) is 6.94. The number of aromatic nitrogens is 6. The maximum atomic E-state index is 13.7. The van der Waals surface area contributed by atoms with Crippen LogP contribution in [-0.4, -0.2) is 108 Å². The van der Waals surface area contributed by atoms with Crippen molar-refractivity contribution in [1.82, 2.24) is 39.1 Å². The Labute approximate surface area is 327 Å². The molecule has 20 heteroatoms. The summed E-state index contributed by atoms with van der Waals surface area (Å²) in [6, 6.07) is 12.8. The number of nitrogens with two attached hydrogens (primary N) is 1. The van der Waals surface area contributed by atoms with Crippen LogP contribution in [0.15, 0.2) is 70.6 Å². The van der Waals surface area contributed by atoms with Gasteiger partial charge in [-0.15, -0.1) is 23.7 Å². The monoisotopic (exact) mass is 812 g/mol. The van der Waals surface area contributed by atoms with Crippen LogP contribution in [0.4, 0.5) is 20.4 Å². The van der Waals surface area contributed by atoms with E-state index in [1.165, 1.54) is 11.3 Å². The Morgan fingerprint density at radius 2 is 1.86 bits per heavy atom. The number of halogens is 3. The third-order valence-electron chi connectivity index (χ3n) is 9.47. The number of pyridine rings is 2. The number of aliphatic hydroxyl groups excluding tert-OH is 2. The molecule has 2 aliphatic heterocycles. The van der Waals surface area contributed by atoms with E-state index in [9.17, 15) is 28.3 Å². The lowest BCUT2D eigenvalue weighted by molar-refractivity contribution is -0.140. The van der Waals surface area contributed by atoms with Crippen LogP contribution >= 0.6 is 23.7 Å². The predicted octanol–water partition coefficient (Wildman–Crippen LogP) is 2.37. The van der Waals surface area contributed by atoms with E-state index in [0.717, 1.165) is 66.6 Å². The first-order chi connectivity index (χ1) is 26.4. The first kappa shape index (κ1) is 40.5. The van der Waals surface area contributed by atoms with E-state index in [0.29, 0.717) is 26.1 Å². The first-order valence-corrected chi connectivity index (χ1v) is 18.2. The average molecular weight is 813 g/mol. The summed E-state index contributed by atoms with van der Waals surface area (Å²) in [6.45, 7) is 5.05. The van der Waals surface area contributed by atoms with E-state index in [-0.39, 0.29) is 35.8 Å². The number of benzene rings is 1. The van der Waals surface area contributed by atoms with Crippen molar-refractivity contribution < 1.29 is 28.5 Å². The molecular weight excluding hydrogens is 774 g/mol. The molecule has 5 aromatic heterocycles. The number of hydrogen-bond acceptors (Lipinski definition) is 14. The number of likely N-dealkylation sites (N-methyl/N-ethyl adjacent to an activating group) is 1. The number of aryl methyl sites for hydroxylation is 1. The SMILES string of the molecule is Cc1cnc(CNC(=O)c2c(=O)c3ccc(N4CCCN(C)CC4)nc3n3c2sc2ccccc23)cn1.Cl.Nc1ccn(C2OC(CO)C(O)C2(F)F)c(=O)n1. The van der Waals surface area contributed by atoms with Crippen LogP contribution in [0.1, 0.15) is 34.4 Å². The molecule has 0 aliphatic carbocycles. The smallest absolute Gasteiger partial charge is 0.351 e. The van der Waals surface area contributed by atoms with Crippen molar-refractivity contribution in [2.45, 2.75) is 44.2 Å². The van der Waals surface area contributed by atoms with Gasteiger partial charge in [0.15, 0.2) is 11.8 Å². The Hall–Kier alpha value is -5.18. The van der Waals surface area contributed by atoms with Crippen molar-refractivity contribution in [3.63, 3.8) is 0 Å². The number of rotatable bonds is 6. The average Bonchev–Trinajstić information content (AvgIpc) is 3.55. The lowest BCUT2D eigenvalue weighted by atomic mass is 10.1. The van der Waals surface area contributed by atoms with Crippen LogP contribution in [-0.2, 0) is 11.3 Å². The molecule has 56 heavy (non-hydrogen) atoms. The van der Waals surface area contributed by atoms with Crippen LogP contribution in [0.25, 0.3) is 26.1 Å². The van der Waals surface area contributed by atoms with Crippen molar-refractivity contribution in [1.29, 1.82) is 0 Å². The fourth-order valence-electron chi connectivity index (χ4n) is 6.52. The molecule has 6 aromatic rings. The van der Waals surface area contributed by atoms with Gasteiger partial charge in [0, 0.05) is 32.0 Å². The molecule has 2 fully saturated rings. The summed E-state index contributed by atoms with van der Waals surface area (Å²) in [5.74, 6) is -3.41. The molecule has 2 aliphatic rings. The lowest BCUT2D eigenvalue weighted by Crippen LogP contribution is -2.41. The molecule has 8 rings (SSSR count). The van der Waals surface area contributed by atoms with Gasteiger partial charge in [0.2, 0.25) is 11.7 Å². The molecule has 1 aromatic carbocycles. The maximum Gasteiger partial charge on any atom is 0.351 e. The molecule has 1 amide bonds. The van der Waals surface area contributed by atoms with Crippen LogP contribution in [0.5, 0.6) is 0 Å². The van der Waals surface area contributed by atoms with Crippen LogP contribution < -0.4 is 27.1 Å². The van der Waals surface area contributed by atoms with Gasteiger partial charge in [-0.3, -0.25) is 28.5 Å². The fraction of sp³-hybridized carbons (Fsp3) is 0.361. The van der Waals surface area contributed by atoms with Gasteiger partial charge in [-0.05, 0) is 57.3 Å². The van der Waals surface area contributed by atoms with Gasteiger partial charge < -0.3 is 35.8 Å². The van der Waals surface area contributed by atoms with E-state index < -0.39 is 42.6 Å². The molecule has 16 nitrogen and oxygen atoms in total. The molecule has 3 atom stereocenters. The molecule has 296 valence electrons. The summed E-state index contributed by atoms with van der Waals surface area (Å²) in [4.78, 5) is 60.6. The number of nitrogen functional groups attached to an aromatic ring is 1. The summed E-state index contributed by atoms with van der Waals surface area (Å²) in [6.07, 6.45) is -0.351. The second-order valence-electron chi connectivity index (χ2n) is 13.3. The van der Waals surface area contributed by atoms with Crippen molar-refractivity contribution in [3.8, 4) is 0 Å². The number of hydrogen-bond donors (Lipinski definition) is 4. The minimum absolute atomic E-state index is 0. The van der Waals surface area contributed by atoms with Gasteiger partial charge in [-0.1, -0.05) is 12.1 Å². The molecule has 7 heterocycles. The molecule has 0 bridgehead atoms. The third-order valence-corrected chi connectivity index (χ3v) is 10.6. The zero-order valence-electron chi connectivity index (χ0n) is 30.2. The normalized spacial score (nSPS) is 19.7. The van der Waals surface area contributed by atoms with Crippen molar-refractivity contribution >= 4 is 67.4 Å². The van der Waals surface area contributed by atoms with Crippen LogP contribution in [0.3, 0.4) is 0 Å². The Bertz CT molecular complexity index is 2500. The van der Waals surface area contributed by atoms with Crippen molar-refractivity contribution in [3.05, 3.63) is 98.7 Å². The number of anilines is 2. The minimum atomic E-state index is -3.71. The van der Waals surface area contributed by atoms with E-state index in [4.69, 9.17) is 20.6 Å². The van der Waals surface area contributed by atoms with Crippen LogP contribution in [0, 0.1) is 6.92 Å². The van der Waals surface area contributed by atoms with E-state index in [2.05, 4.69) is 37.1 Å². The number of nitrogens with zero attached hydrogens (tertiary/aromatic N) is 8. The highest BCUT2D eigenvalue weighted by atomic mass is 35.5. The topological polar surface area (TPSA) is 206 Å². The number of alkyl halides is 2. The van der Waals surface area contributed by atoms with E-state index in [1.54, 1.807) is 12.4 Å². The highest BCUT2D eigenvalue weighted by molar-refractivity contribution is 7.24. The number of para-hydroxylation sites is 1. The Balaban J connectivity index is 0.000000236. The zero-order valence-corrected chi connectivity index (χ0v) is 31.8. The number of carbonyl (C=O) groups excluding carboxylic acids is 1. The molecule has 0 radical (unpaired) electrons. The molecule has 5 N–H and O–H groups in total. The second kappa shape index (κ2) is 16.5. The minimum Gasteiger partial charge on any atom is -0.394 e. The van der Waals surface area contributed by atoms with Gasteiger partial charge in [0.1, 0.15) is 28.1 Å². The number of nitrogens with one attached hydrogen (secondary N) is 1. The van der Waals surface area contributed by atoms with Gasteiger partial charge >= 0.3 is 11.6 Å². The van der Waals surface area contributed by atoms with Crippen LogP contribution in [0.2, 0.25) is 0 Å². The number of fused-ring (bicyclic) bond motifs is 5. The highest BCUT2D eigenvalue weighted by Crippen LogP contribution is 2.42. The maximum absolute atomic E-state index is 13.7. The summed E-state index contributed by atoms with van der Waals surface area (Å²) in [5, 5.41) is 21.4. The molecule has 0 saturated carbocycles. The van der Waals surface area contributed by atoms with Crippen molar-refractivity contribution in [2.24, 2.45) is 0 Å². The first-order valence-electron chi connectivity index (χ1n) is 17.4. The largest absolute Gasteiger partial charge is 0.394 e.